The van der Waals surface area contributed by atoms with Crippen LogP contribution in [0.1, 0.15) is 45.0 Å². The highest BCUT2D eigenvalue weighted by molar-refractivity contribution is 6.30. The Hall–Kier alpha value is -4.23. The molecule has 0 saturated heterocycles. The highest BCUT2D eigenvalue weighted by Crippen LogP contribution is 2.34. The number of aromatic carboxylic acids is 1. The molecule has 8 heteroatoms. The van der Waals surface area contributed by atoms with Gasteiger partial charge in [-0.2, -0.15) is 0 Å². The molecular weight excluding hydrogens is 495 g/mol. The molecule has 3 aromatic carbocycles. The van der Waals surface area contributed by atoms with Gasteiger partial charge in [0, 0.05) is 42.2 Å². The van der Waals surface area contributed by atoms with Gasteiger partial charge < -0.3 is 14.9 Å². The van der Waals surface area contributed by atoms with E-state index in [1.54, 1.807) is 49.6 Å². The second-order valence-electron chi connectivity index (χ2n) is 8.79. The summed E-state index contributed by atoms with van der Waals surface area (Å²) in [5.41, 5.74) is 4.57. The normalized spacial score (nSPS) is 12.4. The van der Waals surface area contributed by atoms with Crippen LogP contribution >= 0.6 is 11.6 Å². The van der Waals surface area contributed by atoms with Gasteiger partial charge in [0.05, 0.1) is 11.3 Å². The molecule has 2 N–H and O–H groups in total. The Morgan fingerprint density at radius 2 is 1.73 bits per heavy atom. The van der Waals surface area contributed by atoms with Crippen LogP contribution < -0.4 is 5.56 Å². The maximum atomic E-state index is 15.1. The highest BCUT2D eigenvalue weighted by Gasteiger charge is 2.22. The van der Waals surface area contributed by atoms with E-state index in [9.17, 15) is 19.9 Å². The molecule has 188 valence electrons. The molecule has 0 aliphatic carbocycles. The van der Waals surface area contributed by atoms with E-state index in [0.717, 1.165) is 22.3 Å². The quantitative estimate of drug-likeness (QED) is 0.172. The van der Waals surface area contributed by atoms with Gasteiger partial charge in [-0.15, -0.1) is 0 Å². The Balaban J connectivity index is 1.74. The molecule has 0 radical (unpaired) electrons. The van der Waals surface area contributed by atoms with Gasteiger partial charge in [-0.3, -0.25) is 4.79 Å². The average Bonchev–Trinajstić information content (AvgIpc) is 2.87. The number of rotatable bonds is 7. The summed E-state index contributed by atoms with van der Waals surface area (Å²) in [6, 6.07) is 19.9. The lowest BCUT2D eigenvalue weighted by molar-refractivity contribution is 0.0696. The molecule has 6 nitrogen and oxygen atoms in total. The van der Waals surface area contributed by atoms with Crippen molar-refractivity contribution in [2.24, 2.45) is 12.2 Å². The molecule has 0 spiro atoms. The van der Waals surface area contributed by atoms with Gasteiger partial charge in [0.25, 0.3) is 0 Å². The molecule has 0 aliphatic rings. The zero-order valence-corrected chi connectivity index (χ0v) is 20.9. The van der Waals surface area contributed by atoms with Crippen molar-refractivity contribution in [3.8, 4) is 11.1 Å². The van der Waals surface area contributed by atoms with Crippen molar-refractivity contribution >= 4 is 23.3 Å². The number of hydrogen-bond donors (Lipinski definition) is 2. The van der Waals surface area contributed by atoms with Crippen LogP contribution in [0.3, 0.4) is 0 Å². The minimum atomic E-state index is -0.988. The number of aromatic nitrogens is 1. The largest absolute Gasteiger partial charge is 0.478 e. The summed E-state index contributed by atoms with van der Waals surface area (Å²) in [5, 5.41) is 22.8. The number of benzene rings is 3. The van der Waals surface area contributed by atoms with E-state index in [2.05, 4.69) is 5.16 Å². The predicted octanol–water partition coefficient (Wildman–Crippen LogP) is 6.25. The summed E-state index contributed by atoms with van der Waals surface area (Å²) in [6.07, 6.45) is 1.72. The summed E-state index contributed by atoms with van der Waals surface area (Å²) in [6.45, 7) is 1.85. The van der Waals surface area contributed by atoms with E-state index in [-0.39, 0.29) is 22.6 Å². The first-order chi connectivity index (χ1) is 17.7. The van der Waals surface area contributed by atoms with Crippen LogP contribution in [0.2, 0.25) is 5.02 Å². The number of carboxylic acids is 1. The lowest BCUT2D eigenvalue weighted by atomic mass is 9.84. The van der Waals surface area contributed by atoms with Crippen molar-refractivity contribution in [2.45, 2.75) is 19.3 Å². The zero-order chi connectivity index (χ0) is 26.7. The van der Waals surface area contributed by atoms with Crippen LogP contribution in [-0.4, -0.2) is 26.6 Å². The minimum Gasteiger partial charge on any atom is -0.478 e. The number of nitrogens with zero attached hydrogens (tertiary/aromatic N) is 2. The fraction of sp³-hybridized carbons (Fsp3) is 0.138. The molecule has 1 unspecified atom stereocenters. The maximum absolute atomic E-state index is 15.1. The van der Waals surface area contributed by atoms with Crippen LogP contribution in [0.25, 0.3) is 11.1 Å². The summed E-state index contributed by atoms with van der Waals surface area (Å²) >= 11 is 5.99. The van der Waals surface area contributed by atoms with Crippen molar-refractivity contribution in [1.29, 1.82) is 0 Å². The summed E-state index contributed by atoms with van der Waals surface area (Å²) < 4.78 is 16.5. The van der Waals surface area contributed by atoms with E-state index in [1.165, 1.54) is 16.7 Å². The standard InChI is InChI=1S/C29H24ClFN2O4/c1-17-13-20(29(35)36)7-10-23(17)18-3-5-19(6-4-18)25(24-11-9-22(30)14-26(24)31)15-27(32-37)21-8-12-28(34)33(2)16-21/h3-14,16,25,37H,15H2,1-2H3,(H,35,36)/b32-27-. The maximum Gasteiger partial charge on any atom is 0.335 e. The minimum absolute atomic E-state index is 0.152. The van der Waals surface area contributed by atoms with E-state index >= 15 is 4.39 Å². The Bertz CT molecular complexity index is 1560. The molecule has 37 heavy (non-hydrogen) atoms. The first kappa shape index (κ1) is 25.9. The van der Waals surface area contributed by atoms with Crippen molar-refractivity contribution in [1.82, 2.24) is 4.57 Å². The lowest BCUT2D eigenvalue weighted by Crippen LogP contribution is -2.18. The molecular formula is C29H24ClFN2O4. The number of carbonyl (C=O) groups is 1. The van der Waals surface area contributed by atoms with E-state index < -0.39 is 17.7 Å². The smallest absolute Gasteiger partial charge is 0.335 e. The van der Waals surface area contributed by atoms with Gasteiger partial charge >= 0.3 is 5.97 Å². The molecule has 0 aliphatic heterocycles. The highest BCUT2D eigenvalue weighted by atomic mass is 35.5. The number of carboxylic acid groups (broad SMARTS) is 1. The zero-order valence-electron chi connectivity index (χ0n) is 20.2. The summed E-state index contributed by atoms with van der Waals surface area (Å²) in [7, 11) is 1.60. The Morgan fingerprint density at radius 3 is 2.32 bits per heavy atom. The van der Waals surface area contributed by atoms with Crippen LogP contribution in [0, 0.1) is 12.7 Å². The Morgan fingerprint density at radius 1 is 1.03 bits per heavy atom. The molecule has 4 rings (SSSR count). The number of aryl methyl sites for hydroxylation is 2. The molecule has 0 saturated carbocycles. The average molecular weight is 519 g/mol. The molecule has 4 aromatic rings. The van der Waals surface area contributed by atoms with Gasteiger partial charge in [-0.05, 0) is 65.1 Å². The SMILES string of the molecule is Cc1cc(C(=O)O)ccc1-c1ccc(C(C/C(=N/O)c2ccc(=O)n(C)c2)c2ccc(Cl)cc2F)cc1. The van der Waals surface area contributed by atoms with Crippen LogP contribution in [0.15, 0.2) is 88.9 Å². The van der Waals surface area contributed by atoms with Crippen molar-refractivity contribution < 1.29 is 19.5 Å². The van der Waals surface area contributed by atoms with Gasteiger partial charge in [-0.1, -0.05) is 53.2 Å². The number of halogens is 2. The van der Waals surface area contributed by atoms with E-state index in [1.807, 2.05) is 31.2 Å². The van der Waals surface area contributed by atoms with Crippen LogP contribution in [0.4, 0.5) is 4.39 Å². The third kappa shape index (κ3) is 5.62. The second-order valence-corrected chi connectivity index (χ2v) is 9.23. The van der Waals surface area contributed by atoms with Crippen LogP contribution in [-0.2, 0) is 7.05 Å². The predicted molar refractivity (Wildman–Crippen MR) is 141 cm³/mol. The van der Waals surface area contributed by atoms with Gasteiger partial charge in [0.2, 0.25) is 5.56 Å². The number of pyridine rings is 1. The van der Waals surface area contributed by atoms with Crippen molar-refractivity contribution in [3.63, 3.8) is 0 Å². The fourth-order valence-corrected chi connectivity index (χ4v) is 4.54. The fourth-order valence-electron chi connectivity index (χ4n) is 4.38. The Labute approximate surface area is 217 Å². The van der Waals surface area contributed by atoms with Gasteiger partial charge in [0.15, 0.2) is 0 Å². The molecule has 1 heterocycles. The Kier molecular flexibility index (Phi) is 7.55. The third-order valence-electron chi connectivity index (χ3n) is 6.37. The first-order valence-electron chi connectivity index (χ1n) is 11.4. The number of oxime groups is 1. The summed E-state index contributed by atoms with van der Waals surface area (Å²) in [4.78, 5) is 23.1. The first-order valence-corrected chi connectivity index (χ1v) is 11.8. The molecule has 0 bridgehead atoms. The van der Waals surface area contributed by atoms with Gasteiger partial charge in [0.1, 0.15) is 5.82 Å². The summed E-state index contributed by atoms with van der Waals surface area (Å²) in [5.74, 6) is -2.00. The van der Waals surface area contributed by atoms with E-state index in [4.69, 9.17) is 11.6 Å². The van der Waals surface area contributed by atoms with Gasteiger partial charge in [-0.25, -0.2) is 9.18 Å². The molecule has 1 aromatic heterocycles. The van der Waals surface area contributed by atoms with Crippen molar-refractivity contribution in [3.05, 3.63) is 128 Å². The molecule has 1 atom stereocenters. The van der Waals surface area contributed by atoms with Crippen LogP contribution in [0.5, 0.6) is 0 Å². The van der Waals surface area contributed by atoms with Crippen molar-refractivity contribution in [2.75, 3.05) is 0 Å². The molecule has 0 amide bonds. The monoisotopic (exact) mass is 518 g/mol. The number of hydrogen-bond acceptors (Lipinski definition) is 4. The third-order valence-corrected chi connectivity index (χ3v) is 6.61. The lowest BCUT2D eigenvalue weighted by Gasteiger charge is -2.20. The second kappa shape index (κ2) is 10.8. The van der Waals surface area contributed by atoms with E-state index in [0.29, 0.717) is 16.8 Å². The topological polar surface area (TPSA) is 91.9 Å². The molecule has 0 fully saturated rings.